The Kier molecular flexibility index (Phi) is 3.59. The van der Waals surface area contributed by atoms with Crippen molar-refractivity contribution in [2.75, 3.05) is 11.1 Å². The number of para-hydroxylation sites is 2. The smallest absolute Gasteiger partial charge is 0.329 e. The summed E-state index contributed by atoms with van der Waals surface area (Å²) in [6.45, 7) is 0. The van der Waals surface area contributed by atoms with Crippen LogP contribution in [-0.4, -0.2) is 22.6 Å². The number of nitrogens with one attached hydrogen (secondary N) is 2. The highest BCUT2D eigenvalue weighted by Gasteiger charge is 2.42. The van der Waals surface area contributed by atoms with E-state index in [1.54, 1.807) is 24.3 Å². The van der Waals surface area contributed by atoms with Crippen LogP contribution in [-0.2, 0) is 4.79 Å². The number of carbonyl (C=O) groups excluding carboxylic acids is 1. The van der Waals surface area contributed by atoms with Gasteiger partial charge in [0.05, 0.1) is 11.4 Å². The fraction of sp³-hybridized carbons (Fsp3) is 0.385. The van der Waals surface area contributed by atoms with E-state index < -0.39 is 17.5 Å². The van der Waals surface area contributed by atoms with E-state index in [2.05, 4.69) is 10.6 Å². The SMILES string of the molecule is Nc1ccccc1NC(=O)NC1(C(=O)O)CCCC1. The lowest BCUT2D eigenvalue weighted by Crippen LogP contribution is -2.53. The van der Waals surface area contributed by atoms with Crippen LogP contribution in [0.4, 0.5) is 16.2 Å². The Balaban J connectivity index is 2.05. The van der Waals surface area contributed by atoms with Crippen molar-refractivity contribution < 1.29 is 14.7 Å². The first-order valence-electron chi connectivity index (χ1n) is 6.20. The number of hydrogen-bond acceptors (Lipinski definition) is 3. The number of carbonyl (C=O) groups is 2. The number of hydrogen-bond donors (Lipinski definition) is 4. The molecule has 0 radical (unpaired) electrons. The second-order valence-electron chi connectivity index (χ2n) is 4.76. The summed E-state index contributed by atoms with van der Waals surface area (Å²) in [6, 6.07) is 6.29. The van der Waals surface area contributed by atoms with Crippen molar-refractivity contribution in [2.45, 2.75) is 31.2 Å². The Morgan fingerprint density at radius 1 is 1.21 bits per heavy atom. The predicted molar refractivity (Wildman–Crippen MR) is 71.8 cm³/mol. The Morgan fingerprint density at radius 3 is 2.42 bits per heavy atom. The van der Waals surface area contributed by atoms with Crippen molar-refractivity contribution in [3.05, 3.63) is 24.3 Å². The van der Waals surface area contributed by atoms with Gasteiger partial charge in [0.2, 0.25) is 0 Å². The minimum atomic E-state index is -1.15. The quantitative estimate of drug-likeness (QED) is 0.624. The lowest BCUT2D eigenvalue weighted by atomic mass is 9.98. The molecule has 0 atom stereocenters. The molecule has 0 bridgehead atoms. The monoisotopic (exact) mass is 263 g/mol. The molecule has 5 N–H and O–H groups in total. The molecule has 0 aliphatic heterocycles. The van der Waals surface area contributed by atoms with Crippen molar-refractivity contribution in [1.29, 1.82) is 0 Å². The maximum atomic E-state index is 11.9. The molecule has 1 aliphatic rings. The second kappa shape index (κ2) is 5.17. The van der Waals surface area contributed by atoms with Gasteiger partial charge in [0.15, 0.2) is 0 Å². The molecule has 1 aliphatic carbocycles. The van der Waals surface area contributed by atoms with E-state index in [0.29, 0.717) is 24.2 Å². The largest absolute Gasteiger partial charge is 0.480 e. The molecule has 2 amide bonds. The Morgan fingerprint density at radius 2 is 1.84 bits per heavy atom. The van der Waals surface area contributed by atoms with Gasteiger partial charge >= 0.3 is 12.0 Å². The van der Waals surface area contributed by atoms with Gasteiger partial charge < -0.3 is 21.5 Å². The Bertz CT molecular complexity index is 496. The number of anilines is 2. The van der Waals surface area contributed by atoms with Crippen LogP contribution in [0.2, 0.25) is 0 Å². The van der Waals surface area contributed by atoms with E-state index in [1.807, 2.05) is 0 Å². The van der Waals surface area contributed by atoms with Crippen molar-refractivity contribution in [2.24, 2.45) is 0 Å². The second-order valence-corrected chi connectivity index (χ2v) is 4.76. The lowest BCUT2D eigenvalue weighted by molar-refractivity contribution is -0.144. The number of rotatable bonds is 3. The average Bonchev–Trinajstić information content (AvgIpc) is 2.82. The van der Waals surface area contributed by atoms with Crippen LogP contribution in [0.1, 0.15) is 25.7 Å². The first-order valence-corrected chi connectivity index (χ1v) is 6.20. The molecule has 6 heteroatoms. The number of carboxylic acids is 1. The molecule has 2 rings (SSSR count). The van der Waals surface area contributed by atoms with E-state index in [1.165, 1.54) is 0 Å². The number of urea groups is 1. The maximum absolute atomic E-state index is 11.9. The summed E-state index contributed by atoms with van der Waals surface area (Å²) in [7, 11) is 0. The molecule has 102 valence electrons. The van der Waals surface area contributed by atoms with Crippen LogP contribution in [0.3, 0.4) is 0 Å². The summed E-state index contributed by atoms with van der Waals surface area (Å²) in [5, 5.41) is 14.4. The Labute approximate surface area is 111 Å². The fourth-order valence-corrected chi connectivity index (χ4v) is 2.35. The highest BCUT2D eigenvalue weighted by molar-refractivity contribution is 5.96. The summed E-state index contributed by atoms with van der Waals surface area (Å²) in [5.41, 5.74) is 5.47. The molecule has 1 fully saturated rings. The zero-order chi connectivity index (χ0) is 13.9. The van der Waals surface area contributed by atoms with Gasteiger partial charge in [-0.05, 0) is 25.0 Å². The van der Waals surface area contributed by atoms with Gasteiger partial charge in [-0.3, -0.25) is 0 Å². The molecule has 1 aromatic rings. The standard InChI is InChI=1S/C13H17N3O3/c14-9-5-1-2-6-10(9)15-12(19)16-13(11(17)18)7-3-4-8-13/h1-2,5-6H,3-4,7-8,14H2,(H,17,18)(H2,15,16,19). The third-order valence-electron chi connectivity index (χ3n) is 3.43. The van der Waals surface area contributed by atoms with E-state index in [0.717, 1.165) is 12.8 Å². The number of benzene rings is 1. The zero-order valence-corrected chi connectivity index (χ0v) is 10.5. The van der Waals surface area contributed by atoms with Gasteiger partial charge in [-0.15, -0.1) is 0 Å². The van der Waals surface area contributed by atoms with Gasteiger partial charge in [0.25, 0.3) is 0 Å². The number of aliphatic carboxylic acids is 1. The van der Waals surface area contributed by atoms with Crippen LogP contribution in [0.5, 0.6) is 0 Å². The first kappa shape index (κ1) is 13.2. The molecule has 0 heterocycles. The molecule has 19 heavy (non-hydrogen) atoms. The normalized spacial score (nSPS) is 16.8. The molecule has 0 aromatic heterocycles. The predicted octanol–water partition coefficient (Wildman–Crippen LogP) is 1.79. The van der Waals surface area contributed by atoms with Gasteiger partial charge in [-0.25, -0.2) is 9.59 Å². The molecule has 0 spiro atoms. The van der Waals surface area contributed by atoms with Gasteiger partial charge in [0.1, 0.15) is 5.54 Å². The number of carboxylic acid groups (broad SMARTS) is 1. The minimum Gasteiger partial charge on any atom is -0.480 e. The summed E-state index contributed by atoms with van der Waals surface area (Å²) < 4.78 is 0. The molecular formula is C13H17N3O3. The van der Waals surface area contributed by atoms with Crippen LogP contribution in [0, 0.1) is 0 Å². The van der Waals surface area contributed by atoms with Crippen molar-refractivity contribution >= 4 is 23.4 Å². The molecule has 0 unspecified atom stereocenters. The lowest BCUT2D eigenvalue weighted by Gasteiger charge is -2.25. The fourth-order valence-electron chi connectivity index (χ4n) is 2.35. The van der Waals surface area contributed by atoms with Crippen molar-refractivity contribution in [3.8, 4) is 0 Å². The maximum Gasteiger partial charge on any atom is 0.329 e. The number of nitrogen functional groups attached to an aromatic ring is 1. The molecular weight excluding hydrogens is 246 g/mol. The van der Waals surface area contributed by atoms with E-state index in [4.69, 9.17) is 5.73 Å². The highest BCUT2D eigenvalue weighted by Crippen LogP contribution is 2.30. The summed E-state index contributed by atoms with van der Waals surface area (Å²) in [6.07, 6.45) is 2.53. The van der Waals surface area contributed by atoms with Gasteiger partial charge in [0, 0.05) is 0 Å². The third-order valence-corrected chi connectivity index (χ3v) is 3.43. The molecule has 1 aromatic carbocycles. The average molecular weight is 263 g/mol. The van der Waals surface area contributed by atoms with Gasteiger partial charge in [-0.1, -0.05) is 25.0 Å². The van der Waals surface area contributed by atoms with Gasteiger partial charge in [-0.2, -0.15) is 0 Å². The molecule has 6 nitrogen and oxygen atoms in total. The van der Waals surface area contributed by atoms with Crippen molar-refractivity contribution in [3.63, 3.8) is 0 Å². The first-order chi connectivity index (χ1) is 9.03. The Hall–Kier alpha value is -2.24. The van der Waals surface area contributed by atoms with E-state index >= 15 is 0 Å². The van der Waals surface area contributed by atoms with Crippen LogP contribution >= 0.6 is 0 Å². The zero-order valence-electron chi connectivity index (χ0n) is 10.5. The summed E-state index contributed by atoms with van der Waals surface area (Å²) in [5.74, 6) is -0.985. The van der Waals surface area contributed by atoms with E-state index in [9.17, 15) is 14.7 Å². The van der Waals surface area contributed by atoms with Crippen LogP contribution in [0.25, 0.3) is 0 Å². The number of amides is 2. The van der Waals surface area contributed by atoms with E-state index in [-0.39, 0.29) is 0 Å². The van der Waals surface area contributed by atoms with Crippen LogP contribution in [0.15, 0.2) is 24.3 Å². The topological polar surface area (TPSA) is 104 Å². The third kappa shape index (κ3) is 2.78. The minimum absolute atomic E-state index is 0.438. The van der Waals surface area contributed by atoms with Crippen molar-refractivity contribution in [1.82, 2.24) is 5.32 Å². The molecule has 1 saturated carbocycles. The molecule has 0 saturated heterocycles. The van der Waals surface area contributed by atoms with Crippen LogP contribution < -0.4 is 16.4 Å². The number of nitrogens with two attached hydrogens (primary N) is 1. The highest BCUT2D eigenvalue weighted by atomic mass is 16.4. The summed E-state index contributed by atoms with van der Waals surface area (Å²) >= 11 is 0. The summed E-state index contributed by atoms with van der Waals surface area (Å²) in [4.78, 5) is 23.2.